The highest BCUT2D eigenvalue weighted by atomic mass is 16.5. The molecule has 9 heteroatoms. The molecule has 2 N–H and O–H groups in total. The van der Waals surface area contributed by atoms with Gasteiger partial charge in [-0.2, -0.15) is 5.10 Å². The van der Waals surface area contributed by atoms with E-state index in [9.17, 15) is 14.4 Å². The van der Waals surface area contributed by atoms with E-state index < -0.39 is 23.3 Å². The van der Waals surface area contributed by atoms with Crippen molar-refractivity contribution in [1.29, 1.82) is 0 Å². The van der Waals surface area contributed by atoms with E-state index in [0.29, 0.717) is 21.1 Å². The van der Waals surface area contributed by atoms with Crippen LogP contribution in [0.1, 0.15) is 12.5 Å². The summed E-state index contributed by atoms with van der Waals surface area (Å²) in [4.78, 5) is 38.4. The van der Waals surface area contributed by atoms with E-state index in [1.807, 2.05) is 0 Å². The summed E-state index contributed by atoms with van der Waals surface area (Å²) in [5.74, 6) is -0.735. The quantitative estimate of drug-likeness (QED) is 0.621. The molecule has 1 atom stereocenters. The molecule has 0 aliphatic rings. The number of nitrogens with one attached hydrogen (secondary N) is 1. The minimum Gasteiger partial charge on any atom is -0.493 e. The van der Waals surface area contributed by atoms with Crippen LogP contribution in [0.5, 0.6) is 11.5 Å². The molecule has 2 aromatic carbocycles. The fourth-order valence-electron chi connectivity index (χ4n) is 2.53. The molecule has 0 saturated carbocycles. The van der Waals surface area contributed by atoms with Gasteiger partial charge < -0.3 is 19.6 Å². The van der Waals surface area contributed by atoms with E-state index in [4.69, 9.17) is 14.6 Å². The van der Waals surface area contributed by atoms with Crippen molar-refractivity contribution in [3.05, 3.63) is 68.9 Å². The predicted octanol–water partition coefficient (Wildman–Crippen LogP) is 1.43. The SMILES string of the molecule is COc1cccc(C=Nn2c(=O)[nH]c3ccccc3c2=O)c1O[C@H](C)C(=O)O. The molecule has 144 valence electrons. The number of aliphatic carboxylic acids is 1. The molecule has 0 spiro atoms. The summed E-state index contributed by atoms with van der Waals surface area (Å²) in [6, 6.07) is 11.4. The van der Waals surface area contributed by atoms with Gasteiger partial charge in [-0.1, -0.05) is 18.2 Å². The molecule has 0 aliphatic heterocycles. The topological polar surface area (TPSA) is 123 Å². The summed E-state index contributed by atoms with van der Waals surface area (Å²) in [7, 11) is 1.41. The number of nitrogens with zero attached hydrogens (tertiary/aromatic N) is 2. The average molecular weight is 383 g/mol. The zero-order valence-electron chi connectivity index (χ0n) is 15.1. The van der Waals surface area contributed by atoms with Gasteiger partial charge in [-0.3, -0.25) is 4.79 Å². The van der Waals surface area contributed by atoms with Crippen molar-refractivity contribution in [3.63, 3.8) is 0 Å². The third-order valence-corrected chi connectivity index (χ3v) is 3.97. The number of carboxylic acids is 1. The minimum absolute atomic E-state index is 0.133. The van der Waals surface area contributed by atoms with E-state index in [2.05, 4.69) is 10.1 Å². The number of carboxylic acid groups (broad SMARTS) is 1. The van der Waals surface area contributed by atoms with Crippen LogP contribution in [0.3, 0.4) is 0 Å². The molecule has 0 amide bonds. The van der Waals surface area contributed by atoms with E-state index in [0.717, 1.165) is 0 Å². The molecule has 1 aromatic heterocycles. The van der Waals surface area contributed by atoms with Crippen LogP contribution in [0.2, 0.25) is 0 Å². The molecule has 0 bridgehead atoms. The number of H-pyrrole nitrogens is 1. The van der Waals surface area contributed by atoms with Crippen molar-refractivity contribution < 1.29 is 19.4 Å². The Kier molecular flexibility index (Phi) is 5.25. The maximum absolute atomic E-state index is 12.5. The molecule has 9 nitrogen and oxygen atoms in total. The first-order valence-electron chi connectivity index (χ1n) is 8.27. The molecule has 0 unspecified atom stereocenters. The molecule has 3 rings (SSSR count). The fourth-order valence-corrected chi connectivity index (χ4v) is 2.53. The largest absolute Gasteiger partial charge is 0.493 e. The number of hydrogen-bond donors (Lipinski definition) is 2. The van der Waals surface area contributed by atoms with E-state index >= 15 is 0 Å². The number of aromatic amines is 1. The van der Waals surface area contributed by atoms with E-state index in [1.165, 1.54) is 20.2 Å². The van der Waals surface area contributed by atoms with Gasteiger partial charge in [0, 0.05) is 5.56 Å². The first kappa shape index (κ1) is 18.9. The van der Waals surface area contributed by atoms with E-state index in [1.54, 1.807) is 42.5 Å². The summed E-state index contributed by atoms with van der Waals surface area (Å²) in [5, 5.41) is 13.4. The second-order valence-corrected chi connectivity index (χ2v) is 5.81. The Bertz CT molecular complexity index is 1180. The fraction of sp³-hybridized carbons (Fsp3) is 0.158. The number of rotatable bonds is 6. The maximum atomic E-state index is 12.5. The molecule has 0 aliphatic carbocycles. The summed E-state index contributed by atoms with van der Waals surface area (Å²) in [6.45, 7) is 1.37. The van der Waals surface area contributed by atoms with Crippen molar-refractivity contribution in [2.75, 3.05) is 7.11 Å². The lowest BCUT2D eigenvalue weighted by atomic mass is 10.2. The third kappa shape index (κ3) is 3.63. The van der Waals surface area contributed by atoms with Gasteiger partial charge in [0.25, 0.3) is 5.56 Å². The highest BCUT2D eigenvalue weighted by Crippen LogP contribution is 2.31. The maximum Gasteiger partial charge on any atom is 0.349 e. The van der Waals surface area contributed by atoms with E-state index in [-0.39, 0.29) is 11.5 Å². The minimum atomic E-state index is -1.16. The van der Waals surface area contributed by atoms with Crippen LogP contribution in [0.15, 0.2) is 57.2 Å². The Hall–Kier alpha value is -3.88. The van der Waals surface area contributed by atoms with Gasteiger partial charge in [-0.15, -0.1) is 4.68 Å². The van der Waals surface area contributed by atoms with Crippen LogP contribution in [0, 0.1) is 0 Å². The first-order valence-corrected chi connectivity index (χ1v) is 8.27. The Morgan fingerprint density at radius 3 is 2.68 bits per heavy atom. The zero-order valence-corrected chi connectivity index (χ0v) is 15.1. The summed E-state index contributed by atoms with van der Waals surface area (Å²) in [6.07, 6.45) is 0.0907. The van der Waals surface area contributed by atoms with Gasteiger partial charge >= 0.3 is 11.7 Å². The summed E-state index contributed by atoms with van der Waals surface area (Å²) < 4.78 is 11.4. The second-order valence-electron chi connectivity index (χ2n) is 5.81. The van der Waals surface area contributed by atoms with Crippen LogP contribution in [0.25, 0.3) is 10.9 Å². The van der Waals surface area contributed by atoms with Crippen LogP contribution in [-0.4, -0.2) is 40.2 Å². The number of carbonyl (C=O) groups is 1. The van der Waals surface area contributed by atoms with Gasteiger partial charge in [-0.25, -0.2) is 9.59 Å². The number of aromatic nitrogens is 2. The monoisotopic (exact) mass is 383 g/mol. The number of para-hydroxylation sites is 2. The lowest BCUT2D eigenvalue weighted by Crippen LogP contribution is -2.32. The normalized spacial score (nSPS) is 12.2. The Labute approximate surface area is 158 Å². The van der Waals surface area contributed by atoms with Crippen molar-refractivity contribution in [3.8, 4) is 11.5 Å². The lowest BCUT2D eigenvalue weighted by molar-refractivity contribution is -0.144. The van der Waals surface area contributed by atoms with Crippen molar-refractivity contribution in [2.45, 2.75) is 13.0 Å². The number of fused-ring (bicyclic) bond motifs is 1. The molecule has 0 radical (unpaired) electrons. The molecule has 0 saturated heterocycles. The zero-order chi connectivity index (χ0) is 20.3. The van der Waals surface area contributed by atoms with Gasteiger partial charge in [0.05, 0.1) is 24.2 Å². The van der Waals surface area contributed by atoms with Crippen molar-refractivity contribution in [1.82, 2.24) is 9.66 Å². The van der Waals surface area contributed by atoms with Crippen LogP contribution in [0.4, 0.5) is 0 Å². The number of benzene rings is 2. The Morgan fingerprint density at radius 2 is 1.96 bits per heavy atom. The second kappa shape index (κ2) is 7.78. The van der Waals surface area contributed by atoms with Gasteiger partial charge in [-0.05, 0) is 31.2 Å². The highest BCUT2D eigenvalue weighted by Gasteiger charge is 2.18. The smallest absolute Gasteiger partial charge is 0.349 e. The molecule has 28 heavy (non-hydrogen) atoms. The number of methoxy groups -OCH3 is 1. The predicted molar refractivity (Wildman–Crippen MR) is 103 cm³/mol. The van der Waals surface area contributed by atoms with Crippen LogP contribution >= 0.6 is 0 Å². The van der Waals surface area contributed by atoms with Crippen LogP contribution < -0.4 is 20.7 Å². The number of ether oxygens (including phenoxy) is 2. The first-order chi connectivity index (χ1) is 13.4. The van der Waals surface area contributed by atoms with Gasteiger partial charge in [0.1, 0.15) is 0 Å². The van der Waals surface area contributed by atoms with Gasteiger partial charge in [0.2, 0.25) is 0 Å². The Morgan fingerprint density at radius 1 is 1.21 bits per heavy atom. The Balaban J connectivity index is 2.08. The van der Waals surface area contributed by atoms with Crippen molar-refractivity contribution in [2.24, 2.45) is 5.10 Å². The summed E-state index contributed by atoms with van der Waals surface area (Å²) >= 11 is 0. The summed E-state index contributed by atoms with van der Waals surface area (Å²) in [5.41, 5.74) is -0.541. The molecule has 1 heterocycles. The molecular formula is C19H17N3O6. The van der Waals surface area contributed by atoms with Crippen molar-refractivity contribution >= 4 is 23.1 Å². The molecule has 0 fully saturated rings. The van der Waals surface area contributed by atoms with Crippen LogP contribution in [-0.2, 0) is 4.79 Å². The van der Waals surface area contributed by atoms with Gasteiger partial charge in [0.15, 0.2) is 17.6 Å². The highest BCUT2D eigenvalue weighted by molar-refractivity contribution is 5.85. The number of hydrogen-bond acceptors (Lipinski definition) is 6. The average Bonchev–Trinajstić information content (AvgIpc) is 2.68. The lowest BCUT2D eigenvalue weighted by Gasteiger charge is -2.15. The third-order valence-electron chi connectivity index (χ3n) is 3.97. The molecule has 3 aromatic rings. The molecular weight excluding hydrogens is 366 g/mol. The standard InChI is InChI=1S/C19H17N3O6/c1-11(18(24)25)28-16-12(6-5-9-15(16)27-2)10-20-22-17(23)13-7-3-4-8-14(13)21-19(22)26/h3-11H,1-2H3,(H,21,26)(H,24,25)/t11-/m1/s1.